The summed E-state index contributed by atoms with van der Waals surface area (Å²) in [6.45, 7) is 5.03. The van der Waals surface area contributed by atoms with Crippen LogP contribution in [0, 0.1) is 16.0 Å². The van der Waals surface area contributed by atoms with Crippen molar-refractivity contribution in [3.05, 3.63) is 51.2 Å². The Labute approximate surface area is 173 Å². The first-order chi connectivity index (χ1) is 13.3. The fourth-order valence-electron chi connectivity index (χ4n) is 3.81. The van der Waals surface area contributed by atoms with Crippen LogP contribution in [0.25, 0.3) is 0 Å². The Kier molecular flexibility index (Phi) is 7.80. The first-order valence-electron chi connectivity index (χ1n) is 9.37. The largest absolute Gasteiger partial charge is 0.299 e. The van der Waals surface area contributed by atoms with E-state index in [0.717, 1.165) is 24.6 Å². The van der Waals surface area contributed by atoms with E-state index in [9.17, 15) is 19.7 Å². The number of Topliss-reactive ketones (excluding diaryl/α,β-unsaturated/α-hetero) is 2. The highest BCUT2D eigenvalue weighted by molar-refractivity contribution is 9.09. The molecule has 7 heteroatoms. The number of carbonyl (C=O) groups excluding carboxylic acids is 2. The lowest BCUT2D eigenvalue weighted by Crippen LogP contribution is -2.34. The number of non-ortho nitro benzene ring substituents is 1. The van der Waals surface area contributed by atoms with Gasteiger partial charge in [0.1, 0.15) is 5.78 Å². The normalized spacial score (nSPS) is 19.4. The molecule has 0 fully saturated rings. The van der Waals surface area contributed by atoms with Crippen LogP contribution in [0.5, 0.6) is 0 Å². The van der Waals surface area contributed by atoms with Gasteiger partial charge in [-0.1, -0.05) is 34.5 Å². The summed E-state index contributed by atoms with van der Waals surface area (Å²) in [5.41, 5.74) is 2.29. The Balaban J connectivity index is 2.50. The molecule has 0 saturated heterocycles. The summed E-state index contributed by atoms with van der Waals surface area (Å²) < 4.78 is 0. The molecule has 0 bridgehead atoms. The molecular weight excluding hydrogens is 424 g/mol. The molecule has 6 nitrogen and oxygen atoms in total. The number of hydrogen-bond acceptors (Lipinski definition) is 5. The van der Waals surface area contributed by atoms with Crippen molar-refractivity contribution < 1.29 is 14.5 Å². The summed E-state index contributed by atoms with van der Waals surface area (Å²) in [5, 5.41) is 12.1. The molecule has 1 heterocycles. The van der Waals surface area contributed by atoms with Crippen molar-refractivity contribution in [2.24, 2.45) is 10.9 Å². The van der Waals surface area contributed by atoms with E-state index in [0.29, 0.717) is 29.0 Å². The third-order valence-corrected chi connectivity index (χ3v) is 5.61. The monoisotopic (exact) mass is 448 g/mol. The van der Waals surface area contributed by atoms with Gasteiger partial charge in [0.25, 0.3) is 5.69 Å². The minimum absolute atomic E-state index is 0.0360. The topological polar surface area (TPSA) is 89.6 Å². The summed E-state index contributed by atoms with van der Waals surface area (Å²) in [6, 6.07) is 6.22. The highest BCUT2D eigenvalue weighted by atomic mass is 79.9. The van der Waals surface area contributed by atoms with Gasteiger partial charge in [0.2, 0.25) is 0 Å². The molecule has 0 N–H and O–H groups in total. The summed E-state index contributed by atoms with van der Waals surface area (Å²) in [5.74, 6) is -1.27. The van der Waals surface area contributed by atoms with Crippen LogP contribution in [0.4, 0.5) is 5.69 Å². The summed E-state index contributed by atoms with van der Waals surface area (Å²) in [4.78, 5) is 40.7. The van der Waals surface area contributed by atoms with Crippen molar-refractivity contribution in [3.63, 3.8) is 0 Å². The van der Waals surface area contributed by atoms with Gasteiger partial charge in [-0.15, -0.1) is 0 Å². The molecule has 0 aliphatic carbocycles. The fraction of sp³-hybridized carbons (Fsp3) is 0.476. The van der Waals surface area contributed by atoms with Gasteiger partial charge < -0.3 is 0 Å². The van der Waals surface area contributed by atoms with Crippen LogP contribution >= 0.6 is 15.9 Å². The maximum absolute atomic E-state index is 13.1. The average Bonchev–Trinajstić information content (AvgIpc) is 2.64. The Bertz CT molecular complexity index is 845. The van der Waals surface area contributed by atoms with Gasteiger partial charge in [-0.2, -0.15) is 0 Å². The van der Waals surface area contributed by atoms with E-state index in [1.165, 1.54) is 19.1 Å². The van der Waals surface area contributed by atoms with Crippen LogP contribution in [0.2, 0.25) is 0 Å². The molecule has 28 heavy (non-hydrogen) atoms. The van der Waals surface area contributed by atoms with Crippen molar-refractivity contribution in [1.82, 2.24) is 0 Å². The molecule has 0 radical (unpaired) electrons. The third-order valence-electron chi connectivity index (χ3n) is 5.04. The number of nitro benzene ring substituents is 1. The molecule has 2 rings (SSSR count). The molecule has 0 spiro atoms. The Morgan fingerprint density at radius 2 is 1.93 bits per heavy atom. The maximum atomic E-state index is 13.1. The fourth-order valence-corrected chi connectivity index (χ4v) is 4.21. The highest BCUT2D eigenvalue weighted by Gasteiger charge is 2.39. The van der Waals surface area contributed by atoms with Crippen molar-refractivity contribution in [2.45, 2.75) is 52.4 Å². The SMILES string of the molecule is CC(=O)C1C(C)=NC(C)=C(C(=O)CCCCCBr)C1c1cccc([N+](=O)[O-])c1. The lowest BCUT2D eigenvalue weighted by molar-refractivity contribution is -0.384. The highest BCUT2D eigenvalue weighted by Crippen LogP contribution is 2.41. The van der Waals surface area contributed by atoms with E-state index >= 15 is 0 Å². The molecule has 0 amide bonds. The third kappa shape index (κ3) is 5.01. The van der Waals surface area contributed by atoms with Gasteiger partial charge in [0.05, 0.1) is 10.8 Å². The van der Waals surface area contributed by atoms with Gasteiger partial charge >= 0.3 is 0 Å². The lowest BCUT2D eigenvalue weighted by atomic mass is 9.72. The van der Waals surface area contributed by atoms with E-state index in [1.807, 2.05) is 0 Å². The van der Waals surface area contributed by atoms with Crippen molar-refractivity contribution in [2.75, 3.05) is 5.33 Å². The van der Waals surface area contributed by atoms with E-state index < -0.39 is 16.8 Å². The average molecular weight is 449 g/mol. The summed E-state index contributed by atoms with van der Waals surface area (Å²) >= 11 is 3.39. The number of halogens is 1. The zero-order chi connectivity index (χ0) is 20.8. The van der Waals surface area contributed by atoms with Gasteiger partial charge in [-0.25, -0.2) is 0 Å². The lowest BCUT2D eigenvalue weighted by Gasteiger charge is -2.32. The molecule has 1 aliphatic rings. The number of allylic oxidation sites excluding steroid dienone is 2. The number of hydrogen-bond donors (Lipinski definition) is 0. The van der Waals surface area contributed by atoms with Crippen LogP contribution in [0.3, 0.4) is 0 Å². The molecule has 1 aliphatic heterocycles. The maximum Gasteiger partial charge on any atom is 0.269 e. The van der Waals surface area contributed by atoms with Crippen molar-refractivity contribution in [1.29, 1.82) is 0 Å². The Hall–Kier alpha value is -2.15. The van der Waals surface area contributed by atoms with E-state index in [-0.39, 0.29) is 17.3 Å². The molecule has 2 unspecified atom stereocenters. The number of alkyl halides is 1. The molecule has 2 atom stereocenters. The molecule has 1 aromatic rings. The number of carbonyl (C=O) groups is 2. The van der Waals surface area contributed by atoms with Crippen molar-refractivity contribution >= 4 is 38.9 Å². The number of unbranched alkanes of at least 4 members (excludes halogenated alkanes) is 2. The Morgan fingerprint density at radius 3 is 2.54 bits per heavy atom. The minimum atomic E-state index is -0.591. The Morgan fingerprint density at radius 1 is 1.21 bits per heavy atom. The van der Waals surface area contributed by atoms with Crippen LogP contribution in [-0.4, -0.2) is 27.5 Å². The predicted octanol–water partition coefficient (Wildman–Crippen LogP) is 5.16. The van der Waals surface area contributed by atoms with E-state index in [2.05, 4.69) is 20.9 Å². The van der Waals surface area contributed by atoms with E-state index in [4.69, 9.17) is 0 Å². The number of nitrogens with zero attached hydrogens (tertiary/aromatic N) is 2. The predicted molar refractivity (Wildman–Crippen MR) is 113 cm³/mol. The van der Waals surface area contributed by atoms with Crippen LogP contribution in [0.1, 0.15) is 57.9 Å². The molecule has 150 valence electrons. The quantitative estimate of drug-likeness (QED) is 0.226. The van der Waals surface area contributed by atoms with Gasteiger partial charge in [-0.05, 0) is 39.2 Å². The first kappa shape index (κ1) is 22.1. The van der Waals surface area contributed by atoms with Gasteiger partial charge in [0.15, 0.2) is 5.78 Å². The minimum Gasteiger partial charge on any atom is -0.299 e. The summed E-state index contributed by atoms with van der Waals surface area (Å²) in [7, 11) is 0. The number of nitro groups is 1. The zero-order valence-electron chi connectivity index (χ0n) is 16.4. The second-order valence-corrected chi connectivity index (χ2v) is 7.89. The molecule has 1 aromatic carbocycles. The molecule has 0 saturated carbocycles. The van der Waals surface area contributed by atoms with Crippen LogP contribution in [-0.2, 0) is 9.59 Å². The van der Waals surface area contributed by atoms with Gasteiger partial charge in [0, 0.05) is 46.8 Å². The van der Waals surface area contributed by atoms with E-state index in [1.54, 1.807) is 26.0 Å². The second-order valence-electron chi connectivity index (χ2n) is 7.09. The summed E-state index contributed by atoms with van der Waals surface area (Å²) in [6.07, 6.45) is 3.07. The first-order valence-corrected chi connectivity index (χ1v) is 10.5. The molecule has 0 aromatic heterocycles. The molecular formula is C21H25BrN2O4. The zero-order valence-corrected chi connectivity index (χ0v) is 18.0. The number of aliphatic imine (C=N–C) groups is 1. The van der Waals surface area contributed by atoms with Gasteiger partial charge in [-0.3, -0.25) is 24.7 Å². The standard InChI is InChI=1S/C21H25BrN2O4/c1-13-19(15(3)25)21(16-8-7-9-17(12-16)24(27)28)20(14(2)23-13)18(26)10-5-4-6-11-22/h7-9,12,19,21H,4-6,10-11H2,1-3H3. The van der Waals surface area contributed by atoms with Crippen LogP contribution < -0.4 is 0 Å². The smallest absolute Gasteiger partial charge is 0.269 e. The van der Waals surface area contributed by atoms with Crippen molar-refractivity contribution in [3.8, 4) is 0 Å². The number of benzene rings is 1. The van der Waals surface area contributed by atoms with Crippen LogP contribution in [0.15, 0.2) is 40.5 Å². The number of ketones is 2. The second kappa shape index (κ2) is 9.87. The number of rotatable bonds is 9.